The number of aryl methyl sites for hydroxylation is 1. The third kappa shape index (κ3) is 3.23. The summed E-state index contributed by atoms with van der Waals surface area (Å²) >= 11 is 0. The molecule has 1 aromatic heterocycles. The number of anilines is 1. The Morgan fingerprint density at radius 3 is 2.79 bits per heavy atom. The lowest BCUT2D eigenvalue weighted by Crippen LogP contribution is -2.37. The second-order valence-electron chi connectivity index (χ2n) is 5.17. The molecule has 1 saturated carbocycles. The number of nitrogens with zero attached hydrogens (tertiary/aromatic N) is 2. The van der Waals surface area contributed by atoms with E-state index in [2.05, 4.69) is 10.4 Å². The fraction of sp³-hybridized carbons (Fsp3) is 0.571. The summed E-state index contributed by atoms with van der Waals surface area (Å²) in [6.45, 7) is 5.48. The van der Waals surface area contributed by atoms with Crippen molar-refractivity contribution >= 4 is 11.7 Å². The lowest BCUT2D eigenvalue weighted by Gasteiger charge is -2.32. The maximum absolute atomic E-state index is 12.5. The summed E-state index contributed by atoms with van der Waals surface area (Å²) in [4.78, 5) is 18.6. The summed E-state index contributed by atoms with van der Waals surface area (Å²) in [6.07, 6.45) is 3.79. The summed E-state index contributed by atoms with van der Waals surface area (Å²) in [5.74, 6) is 6.65. The first-order valence-corrected chi connectivity index (χ1v) is 6.88. The Labute approximate surface area is 114 Å². The van der Waals surface area contributed by atoms with Crippen LogP contribution in [0.15, 0.2) is 12.1 Å². The van der Waals surface area contributed by atoms with Crippen LogP contribution in [-0.4, -0.2) is 28.9 Å². The van der Waals surface area contributed by atoms with Gasteiger partial charge in [0.1, 0.15) is 5.82 Å². The van der Waals surface area contributed by atoms with Crippen molar-refractivity contribution in [2.24, 2.45) is 11.8 Å². The molecule has 1 amide bonds. The van der Waals surface area contributed by atoms with Gasteiger partial charge in [-0.05, 0) is 44.7 Å². The molecule has 0 radical (unpaired) electrons. The van der Waals surface area contributed by atoms with E-state index >= 15 is 0 Å². The third-order valence-corrected chi connectivity index (χ3v) is 3.72. The van der Waals surface area contributed by atoms with Gasteiger partial charge in [0.2, 0.25) is 0 Å². The van der Waals surface area contributed by atoms with E-state index in [1.165, 1.54) is 19.3 Å². The molecule has 3 N–H and O–H groups in total. The molecule has 0 saturated heterocycles. The fourth-order valence-corrected chi connectivity index (χ4v) is 2.39. The average Bonchev–Trinajstić information content (AvgIpc) is 2.36. The smallest absolute Gasteiger partial charge is 0.254 e. The first-order valence-electron chi connectivity index (χ1n) is 6.88. The van der Waals surface area contributed by atoms with Crippen molar-refractivity contribution in [2.45, 2.75) is 33.1 Å². The van der Waals surface area contributed by atoms with Gasteiger partial charge >= 0.3 is 0 Å². The molecule has 104 valence electrons. The predicted molar refractivity (Wildman–Crippen MR) is 75.7 cm³/mol. The molecule has 19 heavy (non-hydrogen) atoms. The Bertz CT molecular complexity index is 457. The summed E-state index contributed by atoms with van der Waals surface area (Å²) in [5.41, 5.74) is 3.95. The van der Waals surface area contributed by atoms with E-state index in [0.29, 0.717) is 17.3 Å². The molecule has 0 atom stereocenters. The van der Waals surface area contributed by atoms with Crippen LogP contribution in [0.2, 0.25) is 0 Å². The molecule has 0 unspecified atom stereocenters. The number of nitrogen functional groups attached to an aromatic ring is 1. The highest BCUT2D eigenvalue weighted by molar-refractivity contribution is 5.95. The second-order valence-corrected chi connectivity index (χ2v) is 5.17. The Hall–Kier alpha value is -1.62. The number of amides is 1. The number of rotatable bonds is 5. The quantitative estimate of drug-likeness (QED) is 0.628. The van der Waals surface area contributed by atoms with Crippen LogP contribution in [0, 0.1) is 12.8 Å². The summed E-state index contributed by atoms with van der Waals surface area (Å²) in [7, 11) is 0. The lowest BCUT2D eigenvalue weighted by atomic mass is 9.85. The maximum Gasteiger partial charge on any atom is 0.254 e. The molecular weight excluding hydrogens is 240 g/mol. The van der Waals surface area contributed by atoms with E-state index in [0.717, 1.165) is 18.8 Å². The molecule has 5 heteroatoms. The van der Waals surface area contributed by atoms with Crippen molar-refractivity contribution < 1.29 is 4.79 Å². The molecule has 1 fully saturated rings. The van der Waals surface area contributed by atoms with Crippen LogP contribution in [0.25, 0.3) is 0 Å². The van der Waals surface area contributed by atoms with E-state index in [-0.39, 0.29) is 5.91 Å². The minimum absolute atomic E-state index is 0.0661. The number of nitrogens with two attached hydrogens (primary N) is 1. The zero-order chi connectivity index (χ0) is 13.8. The molecular formula is C14H22N4O. The molecule has 0 aliphatic heterocycles. The normalized spacial score (nSPS) is 14.9. The molecule has 2 rings (SSSR count). The van der Waals surface area contributed by atoms with Gasteiger partial charge in [-0.3, -0.25) is 4.79 Å². The number of carbonyl (C=O) groups is 1. The zero-order valence-electron chi connectivity index (χ0n) is 11.6. The minimum atomic E-state index is 0.0661. The summed E-state index contributed by atoms with van der Waals surface area (Å²) < 4.78 is 0. The predicted octanol–water partition coefficient (Wildman–Crippen LogP) is 1.94. The van der Waals surface area contributed by atoms with Crippen molar-refractivity contribution in [2.75, 3.05) is 18.5 Å². The standard InChI is InChI=1S/C14H22N4O/c1-3-18(9-11-5-4-6-11)14(19)12-7-10(2)16-13(8-12)17-15/h7-8,11H,3-6,9,15H2,1-2H3,(H,16,17). The number of hydrazine groups is 1. The van der Waals surface area contributed by atoms with Gasteiger partial charge in [0, 0.05) is 24.3 Å². The molecule has 0 aromatic carbocycles. The van der Waals surface area contributed by atoms with Crippen LogP contribution < -0.4 is 11.3 Å². The van der Waals surface area contributed by atoms with Gasteiger partial charge < -0.3 is 10.3 Å². The van der Waals surface area contributed by atoms with E-state index in [4.69, 9.17) is 5.84 Å². The number of carbonyl (C=O) groups excluding carboxylic acids is 1. The Kier molecular flexibility index (Phi) is 4.37. The summed E-state index contributed by atoms with van der Waals surface area (Å²) in [5, 5.41) is 0. The highest BCUT2D eigenvalue weighted by Gasteiger charge is 2.23. The number of hydrogen-bond acceptors (Lipinski definition) is 4. The van der Waals surface area contributed by atoms with Gasteiger partial charge in [0.15, 0.2) is 0 Å². The number of nitrogens with one attached hydrogen (secondary N) is 1. The molecule has 1 aliphatic rings. The van der Waals surface area contributed by atoms with Crippen molar-refractivity contribution in [3.8, 4) is 0 Å². The molecule has 0 spiro atoms. The van der Waals surface area contributed by atoms with Gasteiger partial charge in [-0.2, -0.15) is 0 Å². The molecule has 0 bridgehead atoms. The maximum atomic E-state index is 12.5. The first-order chi connectivity index (χ1) is 9.13. The average molecular weight is 262 g/mol. The van der Waals surface area contributed by atoms with E-state index < -0.39 is 0 Å². The summed E-state index contributed by atoms with van der Waals surface area (Å²) in [6, 6.07) is 3.52. The minimum Gasteiger partial charge on any atom is -0.339 e. The SMILES string of the molecule is CCN(CC1CCC1)C(=O)c1cc(C)nc(NN)c1. The van der Waals surface area contributed by atoms with Crippen molar-refractivity contribution in [3.63, 3.8) is 0 Å². The Morgan fingerprint density at radius 2 is 2.26 bits per heavy atom. The van der Waals surface area contributed by atoms with Gasteiger partial charge in [0.25, 0.3) is 5.91 Å². The van der Waals surface area contributed by atoms with Crippen LogP contribution >= 0.6 is 0 Å². The van der Waals surface area contributed by atoms with Crippen molar-refractivity contribution in [3.05, 3.63) is 23.4 Å². The monoisotopic (exact) mass is 262 g/mol. The fourth-order valence-electron chi connectivity index (χ4n) is 2.39. The van der Waals surface area contributed by atoms with E-state index in [9.17, 15) is 4.79 Å². The highest BCUT2D eigenvalue weighted by atomic mass is 16.2. The molecule has 5 nitrogen and oxygen atoms in total. The molecule has 1 aliphatic carbocycles. The van der Waals surface area contributed by atoms with Gasteiger partial charge in [-0.1, -0.05) is 6.42 Å². The lowest BCUT2D eigenvalue weighted by molar-refractivity contribution is 0.0706. The van der Waals surface area contributed by atoms with Crippen LogP contribution in [0.5, 0.6) is 0 Å². The van der Waals surface area contributed by atoms with Crippen LogP contribution in [0.3, 0.4) is 0 Å². The first kappa shape index (κ1) is 13.8. The van der Waals surface area contributed by atoms with Crippen molar-refractivity contribution in [1.82, 2.24) is 9.88 Å². The third-order valence-electron chi connectivity index (χ3n) is 3.72. The van der Waals surface area contributed by atoms with Gasteiger partial charge in [0.05, 0.1) is 0 Å². The number of hydrogen-bond donors (Lipinski definition) is 2. The van der Waals surface area contributed by atoms with Crippen LogP contribution in [0.4, 0.5) is 5.82 Å². The number of pyridine rings is 1. The topological polar surface area (TPSA) is 71.2 Å². The van der Waals surface area contributed by atoms with Crippen molar-refractivity contribution in [1.29, 1.82) is 0 Å². The van der Waals surface area contributed by atoms with E-state index in [1.54, 1.807) is 6.07 Å². The van der Waals surface area contributed by atoms with Crippen LogP contribution in [0.1, 0.15) is 42.2 Å². The van der Waals surface area contributed by atoms with Gasteiger partial charge in [-0.25, -0.2) is 10.8 Å². The largest absolute Gasteiger partial charge is 0.339 e. The van der Waals surface area contributed by atoms with Crippen LogP contribution in [-0.2, 0) is 0 Å². The second kappa shape index (κ2) is 6.02. The Morgan fingerprint density at radius 1 is 1.53 bits per heavy atom. The van der Waals surface area contributed by atoms with Gasteiger partial charge in [-0.15, -0.1) is 0 Å². The molecule has 1 aromatic rings. The Balaban J connectivity index is 2.13. The zero-order valence-corrected chi connectivity index (χ0v) is 11.6. The highest BCUT2D eigenvalue weighted by Crippen LogP contribution is 2.27. The number of aromatic nitrogens is 1. The molecule has 1 heterocycles. The van der Waals surface area contributed by atoms with E-state index in [1.807, 2.05) is 24.8 Å².